The molecule has 1 N–H and O–H groups in total. The van der Waals surface area contributed by atoms with Crippen molar-refractivity contribution in [2.24, 2.45) is 17.8 Å². The van der Waals surface area contributed by atoms with Crippen molar-refractivity contribution in [2.45, 2.75) is 62.6 Å². The van der Waals surface area contributed by atoms with Gasteiger partial charge in [0.15, 0.2) is 0 Å². The molecule has 3 aliphatic rings. The Morgan fingerprint density at radius 3 is 2.72 bits per heavy atom. The Kier molecular flexibility index (Phi) is 7.79. The molecule has 36 heavy (non-hydrogen) atoms. The quantitative estimate of drug-likeness (QED) is 0.382. The zero-order valence-electron chi connectivity index (χ0n) is 21.3. The van der Waals surface area contributed by atoms with E-state index in [2.05, 4.69) is 6.58 Å². The number of carbonyl (C=O) groups excluding carboxylic acids is 3. The van der Waals surface area contributed by atoms with Crippen LogP contribution >= 0.6 is 23.4 Å². The maximum atomic E-state index is 14.6. The third-order valence-corrected chi connectivity index (χ3v) is 10.1. The van der Waals surface area contributed by atoms with Gasteiger partial charge in [-0.25, -0.2) is 0 Å². The Morgan fingerprint density at radius 1 is 1.42 bits per heavy atom. The van der Waals surface area contributed by atoms with E-state index in [0.29, 0.717) is 17.1 Å². The van der Waals surface area contributed by atoms with Gasteiger partial charge < -0.3 is 19.6 Å². The third kappa shape index (κ3) is 4.05. The largest absolute Gasteiger partial charge is 0.466 e. The first-order valence-electron chi connectivity index (χ1n) is 12.6. The fourth-order valence-corrected chi connectivity index (χ4v) is 8.90. The molecule has 1 aromatic carbocycles. The lowest BCUT2D eigenvalue weighted by Gasteiger charge is -2.41. The summed E-state index contributed by atoms with van der Waals surface area (Å²) in [7, 11) is 0. The topological polar surface area (TPSA) is 87.2 Å². The maximum absolute atomic E-state index is 14.6. The van der Waals surface area contributed by atoms with Crippen molar-refractivity contribution in [3.05, 3.63) is 41.4 Å². The van der Waals surface area contributed by atoms with Crippen LogP contribution in [0, 0.1) is 24.7 Å². The molecular formula is C27H35ClN2O5S. The summed E-state index contributed by atoms with van der Waals surface area (Å²) in [6.07, 6.45) is 3.01. The van der Waals surface area contributed by atoms with E-state index in [1.165, 1.54) is 0 Å². The molecule has 1 spiro atoms. The van der Waals surface area contributed by atoms with Crippen LogP contribution in [0.2, 0.25) is 5.02 Å². The second-order valence-corrected chi connectivity index (χ2v) is 12.2. The molecule has 196 valence electrons. The number of amides is 2. The number of benzene rings is 1. The number of ether oxygens (including phenoxy) is 1. The number of nitrogens with zero attached hydrogens (tertiary/aromatic N) is 2. The highest BCUT2D eigenvalue weighted by molar-refractivity contribution is 8.02. The summed E-state index contributed by atoms with van der Waals surface area (Å²) in [5.41, 5.74) is 1.42. The first-order valence-corrected chi connectivity index (χ1v) is 13.8. The molecule has 3 heterocycles. The Morgan fingerprint density at radius 2 is 2.14 bits per heavy atom. The number of rotatable bonds is 9. The third-order valence-electron chi connectivity index (χ3n) is 7.88. The van der Waals surface area contributed by atoms with Crippen LogP contribution in [0.15, 0.2) is 30.9 Å². The summed E-state index contributed by atoms with van der Waals surface area (Å²) < 4.78 is 4.61. The number of likely N-dealkylation sites (tertiary alicyclic amines) is 1. The smallest absolute Gasteiger partial charge is 0.310 e. The van der Waals surface area contributed by atoms with Crippen molar-refractivity contribution in [1.29, 1.82) is 0 Å². The van der Waals surface area contributed by atoms with Gasteiger partial charge in [0.05, 0.1) is 46.5 Å². The van der Waals surface area contributed by atoms with E-state index in [0.717, 1.165) is 12.0 Å². The maximum Gasteiger partial charge on any atom is 0.310 e. The molecule has 2 bridgehead atoms. The van der Waals surface area contributed by atoms with E-state index in [4.69, 9.17) is 16.3 Å². The van der Waals surface area contributed by atoms with Crippen molar-refractivity contribution in [3.63, 3.8) is 0 Å². The average Bonchev–Trinajstić information content (AvgIpc) is 3.46. The molecule has 1 aromatic rings. The summed E-state index contributed by atoms with van der Waals surface area (Å²) in [5, 5.41) is 10.7. The predicted molar refractivity (Wildman–Crippen MR) is 142 cm³/mol. The molecule has 0 aromatic heterocycles. The number of esters is 1. The van der Waals surface area contributed by atoms with Crippen LogP contribution in [0.5, 0.6) is 0 Å². The zero-order chi connectivity index (χ0) is 26.4. The van der Waals surface area contributed by atoms with Crippen LogP contribution in [0.25, 0.3) is 0 Å². The molecule has 6 atom stereocenters. The van der Waals surface area contributed by atoms with Gasteiger partial charge in [0.2, 0.25) is 5.91 Å². The highest BCUT2D eigenvalue weighted by Crippen LogP contribution is 2.67. The number of fused-ring (bicyclic) bond motifs is 1. The lowest BCUT2D eigenvalue weighted by Crippen LogP contribution is -2.58. The molecule has 2 unspecified atom stereocenters. The van der Waals surface area contributed by atoms with Gasteiger partial charge in [0.25, 0.3) is 5.91 Å². The SMILES string of the molecule is C=CCN(C(=O)C1N([C@@H](CO)C(C)C)C(=O)[C@@H]2[C@H](C(=O)OCC)[C@@H]3CCC12S3)c1c(C)cccc1Cl. The second-order valence-electron chi connectivity index (χ2n) is 10.2. The molecule has 3 saturated heterocycles. The minimum Gasteiger partial charge on any atom is -0.466 e. The van der Waals surface area contributed by atoms with Gasteiger partial charge in [-0.15, -0.1) is 18.3 Å². The lowest BCUT2D eigenvalue weighted by molar-refractivity contribution is -0.154. The van der Waals surface area contributed by atoms with E-state index in [9.17, 15) is 19.5 Å². The van der Waals surface area contributed by atoms with E-state index in [1.807, 2.05) is 32.9 Å². The van der Waals surface area contributed by atoms with Crippen LogP contribution in [0.4, 0.5) is 5.69 Å². The average molecular weight is 535 g/mol. The molecule has 0 radical (unpaired) electrons. The van der Waals surface area contributed by atoms with Gasteiger partial charge in [-0.2, -0.15) is 0 Å². The molecule has 3 aliphatic heterocycles. The second kappa shape index (κ2) is 10.4. The minimum atomic E-state index is -0.848. The van der Waals surface area contributed by atoms with Crippen molar-refractivity contribution in [2.75, 3.05) is 24.7 Å². The molecule has 3 fully saturated rings. The number of anilines is 1. The predicted octanol–water partition coefficient (Wildman–Crippen LogP) is 3.84. The highest BCUT2D eigenvalue weighted by Gasteiger charge is 2.75. The van der Waals surface area contributed by atoms with E-state index in [1.54, 1.807) is 40.6 Å². The fraction of sp³-hybridized carbons (Fsp3) is 0.593. The van der Waals surface area contributed by atoms with Crippen molar-refractivity contribution >= 4 is 46.8 Å². The molecular weight excluding hydrogens is 500 g/mol. The Labute approximate surface area is 222 Å². The highest BCUT2D eigenvalue weighted by atomic mass is 35.5. The van der Waals surface area contributed by atoms with Crippen LogP contribution < -0.4 is 4.90 Å². The van der Waals surface area contributed by atoms with Gasteiger partial charge >= 0.3 is 5.97 Å². The van der Waals surface area contributed by atoms with Crippen molar-refractivity contribution in [3.8, 4) is 0 Å². The van der Waals surface area contributed by atoms with Gasteiger partial charge in [0.1, 0.15) is 6.04 Å². The van der Waals surface area contributed by atoms with Gasteiger partial charge in [-0.1, -0.05) is 43.7 Å². The number of thioether (sulfide) groups is 1. The number of aryl methyl sites for hydroxylation is 1. The Balaban J connectivity index is 1.87. The van der Waals surface area contributed by atoms with E-state index < -0.39 is 28.7 Å². The van der Waals surface area contributed by atoms with Crippen molar-refractivity contribution in [1.82, 2.24) is 4.90 Å². The molecule has 9 heteroatoms. The normalized spacial score (nSPS) is 29.4. The molecule has 2 amide bonds. The summed E-state index contributed by atoms with van der Waals surface area (Å²) in [6.45, 7) is 11.5. The number of hydrogen-bond donors (Lipinski definition) is 1. The van der Waals surface area contributed by atoms with E-state index in [-0.39, 0.29) is 48.7 Å². The minimum absolute atomic E-state index is 0.0722. The molecule has 4 rings (SSSR count). The van der Waals surface area contributed by atoms with Crippen molar-refractivity contribution < 1.29 is 24.2 Å². The summed E-state index contributed by atoms with van der Waals surface area (Å²) in [4.78, 5) is 44.9. The number of para-hydroxylation sites is 1. The summed E-state index contributed by atoms with van der Waals surface area (Å²) in [5.74, 6) is -2.25. The number of hydrogen-bond acceptors (Lipinski definition) is 6. The van der Waals surface area contributed by atoms with E-state index >= 15 is 0 Å². The summed E-state index contributed by atoms with van der Waals surface area (Å²) in [6, 6.07) is 4.05. The Bertz CT molecular complexity index is 1040. The molecule has 0 aliphatic carbocycles. The first-order chi connectivity index (χ1) is 17.1. The standard InChI is InChI=1S/C27H35ClN2O5S/c1-6-13-29(22-16(5)9-8-10-17(22)28)25(33)23-27-12-11-19(36-27)20(26(34)35-7-2)21(27)24(32)30(23)18(14-31)15(3)4/h6,8-10,15,18-21,23,31H,1,7,11-14H2,2-5H3/t18-,19-,20+,21-,23?,27?/m0/s1. The van der Waals surface area contributed by atoms with Crippen LogP contribution in [-0.2, 0) is 19.1 Å². The number of aliphatic hydroxyl groups excluding tert-OH is 1. The lowest BCUT2D eigenvalue weighted by atomic mass is 9.71. The van der Waals surface area contributed by atoms with Gasteiger partial charge in [0, 0.05) is 11.8 Å². The van der Waals surface area contributed by atoms with Gasteiger partial charge in [-0.3, -0.25) is 14.4 Å². The number of carbonyl (C=O) groups is 3. The van der Waals surface area contributed by atoms with Crippen LogP contribution in [0.3, 0.4) is 0 Å². The van der Waals surface area contributed by atoms with Crippen LogP contribution in [0.1, 0.15) is 39.2 Å². The fourth-order valence-electron chi connectivity index (χ4n) is 6.39. The Hall–Kier alpha value is -2.03. The number of halogens is 1. The molecule has 0 saturated carbocycles. The first kappa shape index (κ1) is 27.0. The van der Waals surface area contributed by atoms with Crippen LogP contribution in [-0.4, -0.2) is 69.6 Å². The summed E-state index contributed by atoms with van der Waals surface area (Å²) >= 11 is 8.17. The number of aliphatic hydroxyl groups is 1. The molecule has 7 nitrogen and oxygen atoms in total. The van der Waals surface area contributed by atoms with Gasteiger partial charge in [-0.05, 0) is 44.2 Å². The monoisotopic (exact) mass is 534 g/mol. The zero-order valence-corrected chi connectivity index (χ0v) is 22.8.